The molecule has 0 radical (unpaired) electrons. The number of carbonyl (C=O) groups is 1. The first-order chi connectivity index (χ1) is 12.3. The van der Waals surface area contributed by atoms with E-state index in [1.807, 2.05) is 17.0 Å². The van der Waals surface area contributed by atoms with E-state index in [-0.39, 0.29) is 11.9 Å². The van der Waals surface area contributed by atoms with Crippen molar-refractivity contribution in [3.63, 3.8) is 0 Å². The largest absolute Gasteiger partial charge is 0.384 e. The third-order valence-electron chi connectivity index (χ3n) is 4.47. The first kappa shape index (κ1) is 17.5. The lowest BCUT2D eigenvalue weighted by molar-refractivity contribution is -0.135. The molecule has 2 aromatic heterocycles. The number of hydrogen-bond acceptors (Lipinski definition) is 6. The summed E-state index contributed by atoms with van der Waals surface area (Å²) in [7, 11) is 1.64. The van der Waals surface area contributed by atoms with Gasteiger partial charge in [-0.1, -0.05) is 11.2 Å². The smallest absolute Gasteiger partial charge is 0.249 e. The van der Waals surface area contributed by atoms with Crippen molar-refractivity contribution in [3.05, 3.63) is 41.8 Å². The molecule has 3 rings (SSSR count). The predicted octanol–water partition coefficient (Wildman–Crippen LogP) is 2.34. The lowest BCUT2D eigenvalue weighted by Crippen LogP contribution is -2.38. The van der Waals surface area contributed by atoms with Gasteiger partial charge in [0.15, 0.2) is 5.82 Å². The van der Waals surface area contributed by atoms with Crippen LogP contribution in [0.5, 0.6) is 0 Å². The van der Waals surface area contributed by atoms with Gasteiger partial charge in [-0.05, 0) is 37.3 Å². The molecule has 134 valence electrons. The number of rotatable bonds is 7. The Balaban J connectivity index is 1.63. The van der Waals surface area contributed by atoms with Gasteiger partial charge < -0.3 is 14.2 Å². The van der Waals surface area contributed by atoms with Gasteiger partial charge in [0.25, 0.3) is 0 Å². The van der Waals surface area contributed by atoms with Crippen LogP contribution in [0.2, 0.25) is 0 Å². The molecular weight excluding hydrogens is 320 g/mol. The summed E-state index contributed by atoms with van der Waals surface area (Å²) in [5.41, 5.74) is 1.07. The van der Waals surface area contributed by atoms with Crippen LogP contribution in [0.1, 0.15) is 49.0 Å². The zero-order valence-electron chi connectivity index (χ0n) is 14.6. The zero-order chi connectivity index (χ0) is 17.5. The molecule has 1 aliphatic heterocycles. The number of pyridine rings is 1. The minimum atomic E-state index is -0.112. The topological polar surface area (TPSA) is 81.4 Å². The molecule has 1 amide bonds. The monoisotopic (exact) mass is 344 g/mol. The fraction of sp³-hybridized carbons (Fsp3) is 0.556. The van der Waals surface area contributed by atoms with Gasteiger partial charge in [-0.3, -0.25) is 9.78 Å². The van der Waals surface area contributed by atoms with Gasteiger partial charge in [-0.2, -0.15) is 4.98 Å². The summed E-state index contributed by atoms with van der Waals surface area (Å²) in [5, 5.41) is 4.00. The van der Waals surface area contributed by atoms with Gasteiger partial charge in [0.1, 0.15) is 6.04 Å². The van der Waals surface area contributed by atoms with E-state index in [9.17, 15) is 4.79 Å². The van der Waals surface area contributed by atoms with Gasteiger partial charge >= 0.3 is 0 Å². The van der Waals surface area contributed by atoms with Crippen molar-refractivity contribution < 1.29 is 14.1 Å². The standard InChI is InChI=1S/C18H24N4O3/c1-24-12-9-16-20-18(25-21-16)15-6-2-3-11-22(15)17(23)8-7-14-5-4-10-19-13-14/h4-5,10,13,15H,2-3,6-9,11-12H2,1H3/t15-/m1/s1. The molecule has 0 N–H and O–H groups in total. The molecule has 1 atom stereocenters. The van der Waals surface area contributed by atoms with E-state index in [1.54, 1.807) is 19.5 Å². The molecule has 3 heterocycles. The molecule has 7 heteroatoms. The van der Waals surface area contributed by atoms with Crippen LogP contribution in [0.4, 0.5) is 0 Å². The lowest BCUT2D eigenvalue weighted by atomic mass is 10.0. The van der Waals surface area contributed by atoms with Gasteiger partial charge in [0.2, 0.25) is 11.8 Å². The number of methoxy groups -OCH3 is 1. The Morgan fingerprint density at radius 2 is 2.32 bits per heavy atom. The Kier molecular flexibility index (Phi) is 6.11. The maximum atomic E-state index is 12.7. The molecule has 2 aromatic rings. The normalized spacial score (nSPS) is 17.6. The van der Waals surface area contributed by atoms with E-state index >= 15 is 0 Å². The van der Waals surface area contributed by atoms with Crippen LogP contribution in [-0.2, 0) is 22.4 Å². The van der Waals surface area contributed by atoms with Crippen molar-refractivity contribution in [1.29, 1.82) is 0 Å². The van der Waals surface area contributed by atoms with Crippen molar-refractivity contribution in [1.82, 2.24) is 20.0 Å². The first-order valence-corrected chi connectivity index (χ1v) is 8.77. The molecule has 7 nitrogen and oxygen atoms in total. The fourth-order valence-corrected chi connectivity index (χ4v) is 3.13. The average Bonchev–Trinajstić information content (AvgIpc) is 3.14. The molecular formula is C18H24N4O3. The van der Waals surface area contributed by atoms with Crippen molar-refractivity contribution in [2.45, 2.75) is 44.6 Å². The van der Waals surface area contributed by atoms with Crippen LogP contribution in [0, 0.1) is 0 Å². The second-order valence-corrected chi connectivity index (χ2v) is 6.25. The second kappa shape index (κ2) is 8.71. The van der Waals surface area contributed by atoms with Crippen molar-refractivity contribution in [2.75, 3.05) is 20.3 Å². The fourth-order valence-electron chi connectivity index (χ4n) is 3.13. The summed E-state index contributed by atoms with van der Waals surface area (Å²) in [6.45, 7) is 1.30. The van der Waals surface area contributed by atoms with E-state index in [1.165, 1.54) is 0 Å². The quantitative estimate of drug-likeness (QED) is 0.767. The summed E-state index contributed by atoms with van der Waals surface area (Å²) >= 11 is 0. The maximum Gasteiger partial charge on any atom is 0.249 e. The minimum absolute atomic E-state index is 0.112. The number of aromatic nitrogens is 3. The first-order valence-electron chi connectivity index (χ1n) is 8.77. The minimum Gasteiger partial charge on any atom is -0.384 e. The Bertz CT molecular complexity index is 674. The predicted molar refractivity (Wildman–Crippen MR) is 90.7 cm³/mol. The van der Waals surface area contributed by atoms with E-state index in [0.717, 1.165) is 31.4 Å². The maximum absolute atomic E-state index is 12.7. The summed E-state index contributed by atoms with van der Waals surface area (Å²) < 4.78 is 10.5. The van der Waals surface area contributed by atoms with Crippen LogP contribution >= 0.6 is 0 Å². The Labute approximate surface area is 147 Å². The van der Waals surface area contributed by atoms with Gasteiger partial charge in [-0.25, -0.2) is 0 Å². The Hall–Kier alpha value is -2.28. The number of amides is 1. The van der Waals surface area contributed by atoms with E-state index in [2.05, 4.69) is 15.1 Å². The summed E-state index contributed by atoms with van der Waals surface area (Å²) in [5.74, 6) is 1.30. The molecule has 25 heavy (non-hydrogen) atoms. The van der Waals surface area contributed by atoms with Crippen molar-refractivity contribution in [3.8, 4) is 0 Å². The number of hydrogen-bond donors (Lipinski definition) is 0. The van der Waals surface area contributed by atoms with Crippen LogP contribution in [-0.4, -0.2) is 46.2 Å². The van der Waals surface area contributed by atoms with Gasteiger partial charge in [0.05, 0.1) is 6.61 Å². The van der Waals surface area contributed by atoms with E-state index < -0.39 is 0 Å². The van der Waals surface area contributed by atoms with E-state index in [4.69, 9.17) is 9.26 Å². The second-order valence-electron chi connectivity index (χ2n) is 6.25. The van der Waals surface area contributed by atoms with Crippen LogP contribution in [0.3, 0.4) is 0 Å². The molecule has 0 aliphatic carbocycles. The van der Waals surface area contributed by atoms with Crippen LogP contribution < -0.4 is 0 Å². The summed E-state index contributed by atoms with van der Waals surface area (Å²) in [6, 6.07) is 3.77. The molecule has 0 aromatic carbocycles. The Morgan fingerprint density at radius 3 is 3.12 bits per heavy atom. The van der Waals surface area contributed by atoms with Crippen molar-refractivity contribution >= 4 is 5.91 Å². The number of ether oxygens (including phenoxy) is 1. The SMILES string of the molecule is COCCc1noc([C@H]2CCCCN2C(=O)CCc2cccnc2)n1. The molecule has 1 saturated heterocycles. The number of piperidine rings is 1. The highest BCUT2D eigenvalue weighted by atomic mass is 16.5. The molecule has 1 fully saturated rings. The third kappa shape index (κ3) is 4.63. The van der Waals surface area contributed by atoms with Gasteiger partial charge in [0, 0.05) is 38.9 Å². The third-order valence-corrected chi connectivity index (χ3v) is 4.47. The number of carbonyl (C=O) groups excluding carboxylic acids is 1. The van der Waals surface area contributed by atoms with Crippen LogP contribution in [0.25, 0.3) is 0 Å². The highest BCUT2D eigenvalue weighted by Gasteiger charge is 2.31. The molecule has 0 saturated carbocycles. The van der Waals surface area contributed by atoms with Crippen molar-refractivity contribution in [2.24, 2.45) is 0 Å². The lowest BCUT2D eigenvalue weighted by Gasteiger charge is -2.33. The number of nitrogens with zero attached hydrogens (tertiary/aromatic N) is 4. The molecule has 1 aliphatic rings. The molecule has 0 spiro atoms. The highest BCUT2D eigenvalue weighted by molar-refractivity contribution is 5.77. The zero-order valence-corrected chi connectivity index (χ0v) is 14.6. The highest BCUT2D eigenvalue weighted by Crippen LogP contribution is 2.30. The Morgan fingerprint density at radius 1 is 1.40 bits per heavy atom. The average molecular weight is 344 g/mol. The van der Waals surface area contributed by atoms with Gasteiger partial charge in [-0.15, -0.1) is 0 Å². The summed E-state index contributed by atoms with van der Waals surface area (Å²) in [4.78, 5) is 23.2. The van der Waals surface area contributed by atoms with Crippen LogP contribution in [0.15, 0.2) is 29.0 Å². The number of likely N-dealkylation sites (tertiary alicyclic amines) is 1. The van der Waals surface area contributed by atoms with E-state index in [0.29, 0.717) is 37.6 Å². The molecule has 0 unspecified atom stereocenters. The number of aryl methyl sites for hydroxylation is 1. The summed E-state index contributed by atoms with van der Waals surface area (Å²) in [6.07, 6.45) is 8.26. The molecule has 0 bridgehead atoms.